The van der Waals surface area contributed by atoms with E-state index in [2.05, 4.69) is 24.4 Å². The van der Waals surface area contributed by atoms with Gasteiger partial charge < -0.3 is 15.3 Å². The molecule has 1 aliphatic rings. The molecule has 0 aromatic rings. The van der Waals surface area contributed by atoms with Crippen LogP contribution in [0.25, 0.3) is 0 Å². The van der Waals surface area contributed by atoms with E-state index in [0.717, 1.165) is 19.3 Å². The van der Waals surface area contributed by atoms with Crippen molar-refractivity contribution in [3.8, 4) is 0 Å². The lowest BCUT2D eigenvalue weighted by atomic mass is 10.1. The maximum absolute atomic E-state index is 9.66. The minimum atomic E-state index is -0.413. The van der Waals surface area contributed by atoms with E-state index in [1.807, 2.05) is 24.2 Å². The van der Waals surface area contributed by atoms with Crippen LogP contribution in [0.4, 0.5) is 0 Å². The van der Waals surface area contributed by atoms with Gasteiger partial charge in [-0.25, -0.2) is 0 Å². The molecule has 1 aliphatic heterocycles. The van der Waals surface area contributed by atoms with Crippen LogP contribution in [0.15, 0.2) is 24.6 Å². The van der Waals surface area contributed by atoms with E-state index < -0.39 is 6.23 Å². The number of rotatable bonds is 15. The molecule has 24 heavy (non-hydrogen) atoms. The number of nitrogens with one attached hydrogen (secondary N) is 1. The Bertz CT molecular complexity index is 339. The molecule has 0 amide bonds. The Hall–Kier alpha value is -0.960. The maximum atomic E-state index is 9.66. The average molecular weight is 337 g/mol. The van der Waals surface area contributed by atoms with Crippen molar-refractivity contribution < 1.29 is 5.11 Å². The zero-order chi connectivity index (χ0) is 17.5. The summed E-state index contributed by atoms with van der Waals surface area (Å²) in [5.74, 6) is 0. The topological polar surface area (TPSA) is 35.5 Å². The van der Waals surface area contributed by atoms with Crippen molar-refractivity contribution in [2.45, 2.75) is 110 Å². The van der Waals surface area contributed by atoms with Gasteiger partial charge in [-0.05, 0) is 39.0 Å². The first-order valence-electron chi connectivity index (χ1n) is 10.3. The van der Waals surface area contributed by atoms with Gasteiger partial charge in [-0.1, -0.05) is 70.4 Å². The summed E-state index contributed by atoms with van der Waals surface area (Å²) < 4.78 is 0. The van der Waals surface area contributed by atoms with E-state index in [0.29, 0.717) is 0 Å². The van der Waals surface area contributed by atoms with Crippen molar-refractivity contribution in [3.05, 3.63) is 24.6 Å². The van der Waals surface area contributed by atoms with E-state index in [1.54, 1.807) is 0 Å². The Morgan fingerprint density at radius 1 is 0.958 bits per heavy atom. The number of allylic oxidation sites excluding steroid dienone is 2. The summed E-state index contributed by atoms with van der Waals surface area (Å²) in [5.41, 5.74) is 0. The zero-order valence-electron chi connectivity index (χ0n) is 16.1. The lowest BCUT2D eigenvalue weighted by molar-refractivity contribution is 0.0257. The van der Waals surface area contributed by atoms with Crippen molar-refractivity contribution in [1.29, 1.82) is 0 Å². The first-order valence-corrected chi connectivity index (χ1v) is 10.3. The van der Waals surface area contributed by atoms with Gasteiger partial charge in [0, 0.05) is 12.4 Å². The molecule has 0 aliphatic carbocycles. The highest BCUT2D eigenvalue weighted by Crippen LogP contribution is 2.15. The van der Waals surface area contributed by atoms with Crippen molar-refractivity contribution in [1.82, 2.24) is 10.2 Å². The van der Waals surface area contributed by atoms with Gasteiger partial charge in [-0.3, -0.25) is 0 Å². The smallest absolute Gasteiger partial charge is 0.125 e. The second-order valence-electron chi connectivity index (χ2n) is 7.10. The average Bonchev–Trinajstić information content (AvgIpc) is 3.04. The Kier molecular flexibility index (Phi) is 12.6. The van der Waals surface area contributed by atoms with E-state index in [4.69, 9.17) is 0 Å². The number of hydrogen-bond donors (Lipinski definition) is 2. The molecule has 140 valence electrons. The summed E-state index contributed by atoms with van der Waals surface area (Å²) in [5, 5.41) is 13.0. The second-order valence-corrected chi connectivity index (χ2v) is 7.10. The van der Waals surface area contributed by atoms with Gasteiger partial charge >= 0.3 is 0 Å². The minimum Gasteiger partial charge on any atom is -0.374 e. The molecule has 1 rings (SSSR count). The SMILES string of the molecule is CCCCCCCCCCC/C=C/CCCC1NC=CN1C(C)O. The molecule has 0 radical (unpaired) electrons. The van der Waals surface area contributed by atoms with E-state index in [9.17, 15) is 5.11 Å². The van der Waals surface area contributed by atoms with E-state index >= 15 is 0 Å². The molecule has 2 unspecified atom stereocenters. The third-order valence-electron chi connectivity index (χ3n) is 4.82. The Labute approximate surface area is 150 Å². The van der Waals surface area contributed by atoms with Crippen LogP contribution >= 0.6 is 0 Å². The van der Waals surface area contributed by atoms with Crippen LogP contribution in [0.1, 0.15) is 97.3 Å². The summed E-state index contributed by atoms with van der Waals surface area (Å²) in [6, 6.07) is 0. The molecule has 0 bridgehead atoms. The lowest BCUT2D eigenvalue weighted by Gasteiger charge is -2.27. The molecule has 0 saturated heterocycles. The standard InChI is InChI=1S/C21H40N2O/c1-3-4-5-6-7-8-9-10-11-12-13-14-15-16-17-21-22-18-19-23(21)20(2)24/h13-14,18-22,24H,3-12,15-17H2,1-2H3/b14-13+. The maximum Gasteiger partial charge on any atom is 0.125 e. The summed E-state index contributed by atoms with van der Waals surface area (Å²) in [6.07, 6.45) is 25.6. The van der Waals surface area contributed by atoms with Crippen LogP contribution in [0.5, 0.6) is 0 Å². The van der Waals surface area contributed by atoms with Gasteiger partial charge in [0.2, 0.25) is 0 Å². The van der Waals surface area contributed by atoms with Gasteiger partial charge in [0.05, 0.1) is 0 Å². The lowest BCUT2D eigenvalue weighted by Crippen LogP contribution is -2.40. The van der Waals surface area contributed by atoms with E-state index in [-0.39, 0.29) is 6.17 Å². The van der Waals surface area contributed by atoms with Crippen LogP contribution < -0.4 is 5.32 Å². The Morgan fingerprint density at radius 2 is 1.54 bits per heavy atom. The quantitative estimate of drug-likeness (QED) is 0.298. The third kappa shape index (κ3) is 10.0. The molecular weight excluding hydrogens is 296 g/mol. The predicted octanol–water partition coefficient (Wildman–Crippen LogP) is 5.67. The van der Waals surface area contributed by atoms with Crippen molar-refractivity contribution in [2.24, 2.45) is 0 Å². The number of nitrogens with zero attached hydrogens (tertiary/aromatic N) is 1. The normalized spacial score (nSPS) is 18.5. The largest absolute Gasteiger partial charge is 0.374 e. The van der Waals surface area contributed by atoms with Crippen molar-refractivity contribution in [3.63, 3.8) is 0 Å². The van der Waals surface area contributed by atoms with Crippen LogP contribution in [0.3, 0.4) is 0 Å². The molecule has 3 heteroatoms. The summed E-state index contributed by atoms with van der Waals surface area (Å²) >= 11 is 0. The van der Waals surface area contributed by atoms with Gasteiger partial charge in [-0.2, -0.15) is 0 Å². The van der Waals surface area contributed by atoms with Gasteiger partial charge in [0.15, 0.2) is 0 Å². The van der Waals surface area contributed by atoms with Crippen LogP contribution in [-0.4, -0.2) is 22.4 Å². The highest BCUT2D eigenvalue weighted by molar-refractivity contribution is 4.94. The monoisotopic (exact) mass is 336 g/mol. The second kappa shape index (κ2) is 14.4. The van der Waals surface area contributed by atoms with Crippen LogP contribution in [0, 0.1) is 0 Å². The molecule has 1 heterocycles. The summed E-state index contributed by atoms with van der Waals surface area (Å²) in [4.78, 5) is 1.98. The number of aliphatic hydroxyl groups is 1. The fraction of sp³-hybridized carbons (Fsp3) is 0.810. The highest BCUT2D eigenvalue weighted by Gasteiger charge is 2.20. The zero-order valence-corrected chi connectivity index (χ0v) is 16.1. The van der Waals surface area contributed by atoms with Gasteiger partial charge in [0.25, 0.3) is 0 Å². The van der Waals surface area contributed by atoms with Gasteiger partial charge in [-0.15, -0.1) is 0 Å². The Balaban J connectivity index is 1.85. The van der Waals surface area contributed by atoms with Gasteiger partial charge in [0.1, 0.15) is 12.4 Å². The molecule has 3 nitrogen and oxygen atoms in total. The molecule has 0 aromatic carbocycles. The third-order valence-corrected chi connectivity index (χ3v) is 4.82. The summed E-state index contributed by atoms with van der Waals surface area (Å²) in [7, 11) is 0. The molecule has 0 saturated carbocycles. The molecule has 0 spiro atoms. The minimum absolute atomic E-state index is 0.260. The molecule has 2 N–H and O–H groups in total. The van der Waals surface area contributed by atoms with Crippen LogP contribution in [-0.2, 0) is 0 Å². The fourth-order valence-electron chi connectivity index (χ4n) is 3.29. The molecular formula is C21H40N2O. The van der Waals surface area contributed by atoms with Crippen LogP contribution in [0.2, 0.25) is 0 Å². The number of hydrogen-bond acceptors (Lipinski definition) is 3. The predicted molar refractivity (Wildman–Crippen MR) is 104 cm³/mol. The highest BCUT2D eigenvalue weighted by atomic mass is 16.3. The number of unbranched alkanes of at least 4 members (excludes halogenated alkanes) is 10. The Morgan fingerprint density at radius 3 is 2.17 bits per heavy atom. The first-order chi connectivity index (χ1) is 11.8. The molecule has 0 fully saturated rings. The molecule has 2 atom stereocenters. The van der Waals surface area contributed by atoms with Crippen molar-refractivity contribution >= 4 is 0 Å². The number of aliphatic hydroxyl groups excluding tert-OH is 1. The van der Waals surface area contributed by atoms with Crippen molar-refractivity contribution in [2.75, 3.05) is 0 Å². The van der Waals surface area contributed by atoms with E-state index in [1.165, 1.54) is 64.2 Å². The summed E-state index contributed by atoms with van der Waals surface area (Å²) in [6.45, 7) is 4.09. The molecule has 0 aromatic heterocycles. The fourth-order valence-corrected chi connectivity index (χ4v) is 3.29. The first kappa shape index (κ1) is 21.1.